The minimum Gasteiger partial charge on any atom is -0.381 e. The highest BCUT2D eigenvalue weighted by Gasteiger charge is 2.02. The lowest BCUT2D eigenvalue weighted by Crippen LogP contribution is -2.03. The first kappa shape index (κ1) is 6.93. The van der Waals surface area contributed by atoms with Gasteiger partial charge in [-0.15, -0.1) is 0 Å². The molecule has 0 atom stereocenters. The van der Waals surface area contributed by atoms with Gasteiger partial charge in [-0.25, -0.2) is 0 Å². The van der Waals surface area contributed by atoms with Crippen LogP contribution in [0, 0.1) is 11.3 Å². The summed E-state index contributed by atoms with van der Waals surface area (Å²) in [5.41, 5.74) is 2.92. The highest BCUT2D eigenvalue weighted by molar-refractivity contribution is 5.71. The van der Waals surface area contributed by atoms with Gasteiger partial charge in [0.2, 0.25) is 0 Å². The molecule has 0 aromatic heterocycles. The van der Waals surface area contributed by atoms with Crippen LogP contribution >= 0.6 is 0 Å². The van der Waals surface area contributed by atoms with Crippen molar-refractivity contribution < 1.29 is 0 Å². The van der Waals surface area contributed by atoms with Crippen LogP contribution < -0.4 is 5.32 Å². The largest absolute Gasteiger partial charge is 0.381 e. The summed E-state index contributed by atoms with van der Waals surface area (Å²) in [7, 11) is 0. The molecule has 2 nitrogen and oxygen atoms in total. The molecule has 1 aromatic rings. The first-order chi connectivity index (χ1) is 5.90. The van der Waals surface area contributed by atoms with E-state index in [1.807, 2.05) is 30.4 Å². The fraction of sp³-hybridized carbons (Fsp3) is 0.100. The maximum Gasteiger partial charge on any atom is 0.0991 e. The summed E-state index contributed by atoms with van der Waals surface area (Å²) in [6.45, 7) is 0.874. The van der Waals surface area contributed by atoms with Crippen molar-refractivity contribution >= 4 is 11.8 Å². The lowest BCUT2D eigenvalue weighted by atomic mass is 10.1. The maximum absolute atomic E-state index is 8.64. The number of rotatable bonds is 0. The van der Waals surface area contributed by atoms with Crippen molar-refractivity contribution in [3.63, 3.8) is 0 Å². The Bertz CT molecular complexity index is 372. The Hall–Kier alpha value is -1.75. The van der Waals surface area contributed by atoms with Gasteiger partial charge >= 0.3 is 0 Å². The number of fused-ring (bicyclic) bond motifs is 1. The van der Waals surface area contributed by atoms with E-state index in [-0.39, 0.29) is 0 Å². The summed E-state index contributed by atoms with van der Waals surface area (Å²) in [4.78, 5) is 0. The third-order valence-electron chi connectivity index (χ3n) is 1.89. The molecule has 1 aromatic carbocycles. The Kier molecular flexibility index (Phi) is 1.56. The van der Waals surface area contributed by atoms with Gasteiger partial charge in [0.15, 0.2) is 0 Å². The average Bonchev–Trinajstić information content (AvgIpc) is 2.17. The smallest absolute Gasteiger partial charge is 0.0991 e. The molecule has 0 bridgehead atoms. The lowest BCUT2D eigenvalue weighted by molar-refractivity contribution is 1.31. The van der Waals surface area contributed by atoms with Gasteiger partial charge in [-0.1, -0.05) is 12.2 Å². The van der Waals surface area contributed by atoms with Gasteiger partial charge in [-0.2, -0.15) is 5.26 Å². The number of nitrogens with one attached hydrogen (secondary N) is 1. The number of benzene rings is 1. The van der Waals surface area contributed by atoms with Crippen LogP contribution in [0.15, 0.2) is 24.3 Å². The second kappa shape index (κ2) is 2.71. The van der Waals surface area contributed by atoms with Gasteiger partial charge in [0.25, 0.3) is 0 Å². The van der Waals surface area contributed by atoms with E-state index in [9.17, 15) is 0 Å². The predicted molar refractivity (Wildman–Crippen MR) is 48.7 cm³/mol. The summed E-state index contributed by atoms with van der Waals surface area (Å²) >= 11 is 0. The van der Waals surface area contributed by atoms with Gasteiger partial charge in [-0.3, -0.25) is 0 Å². The van der Waals surface area contributed by atoms with E-state index in [1.165, 1.54) is 0 Å². The topological polar surface area (TPSA) is 35.8 Å². The Morgan fingerprint density at radius 3 is 3.17 bits per heavy atom. The molecule has 0 amide bonds. The van der Waals surface area contributed by atoms with Crippen LogP contribution in [0.1, 0.15) is 11.1 Å². The van der Waals surface area contributed by atoms with Crippen LogP contribution in [0.25, 0.3) is 6.08 Å². The first-order valence-electron chi connectivity index (χ1n) is 3.85. The van der Waals surface area contributed by atoms with E-state index in [0.717, 1.165) is 17.8 Å². The van der Waals surface area contributed by atoms with E-state index in [4.69, 9.17) is 5.26 Å². The average molecular weight is 156 g/mol. The van der Waals surface area contributed by atoms with Gasteiger partial charge in [0.1, 0.15) is 0 Å². The fourth-order valence-electron chi connectivity index (χ4n) is 1.29. The number of anilines is 1. The van der Waals surface area contributed by atoms with Crippen molar-refractivity contribution in [3.05, 3.63) is 35.4 Å². The molecule has 0 saturated carbocycles. The number of hydrogen-bond donors (Lipinski definition) is 1. The molecule has 12 heavy (non-hydrogen) atoms. The van der Waals surface area contributed by atoms with Crippen molar-refractivity contribution in [1.29, 1.82) is 5.26 Å². The fourth-order valence-corrected chi connectivity index (χ4v) is 1.29. The van der Waals surface area contributed by atoms with E-state index in [1.54, 1.807) is 0 Å². The second-order valence-electron chi connectivity index (χ2n) is 2.70. The van der Waals surface area contributed by atoms with Crippen molar-refractivity contribution in [2.45, 2.75) is 0 Å². The van der Waals surface area contributed by atoms with Gasteiger partial charge in [0.05, 0.1) is 11.6 Å². The third kappa shape index (κ3) is 1.06. The summed E-state index contributed by atoms with van der Waals surface area (Å²) < 4.78 is 0. The molecular formula is C10H8N2. The molecule has 1 N–H and O–H groups in total. The second-order valence-corrected chi connectivity index (χ2v) is 2.70. The predicted octanol–water partition coefficient (Wildman–Crippen LogP) is 2.00. The quantitative estimate of drug-likeness (QED) is 0.623. The molecule has 2 rings (SSSR count). The first-order valence-corrected chi connectivity index (χ1v) is 3.85. The molecule has 1 aliphatic heterocycles. The molecule has 0 radical (unpaired) electrons. The number of nitriles is 1. The summed E-state index contributed by atoms with van der Waals surface area (Å²) in [5.74, 6) is 0. The zero-order chi connectivity index (χ0) is 8.39. The van der Waals surface area contributed by atoms with E-state index in [2.05, 4.69) is 11.4 Å². The number of hydrogen-bond acceptors (Lipinski definition) is 2. The van der Waals surface area contributed by atoms with Crippen molar-refractivity contribution in [2.24, 2.45) is 0 Å². The highest BCUT2D eigenvalue weighted by Crippen LogP contribution is 2.21. The monoisotopic (exact) mass is 156 g/mol. The Morgan fingerprint density at radius 2 is 2.33 bits per heavy atom. The summed E-state index contributed by atoms with van der Waals surface area (Å²) in [6.07, 6.45) is 4.08. The van der Waals surface area contributed by atoms with Crippen LogP contribution in [-0.2, 0) is 0 Å². The van der Waals surface area contributed by atoms with Crippen LogP contribution in [0.5, 0.6) is 0 Å². The normalized spacial score (nSPS) is 12.9. The molecular weight excluding hydrogens is 148 g/mol. The Morgan fingerprint density at radius 1 is 1.42 bits per heavy atom. The minimum absolute atomic E-state index is 0.710. The molecule has 0 spiro atoms. The SMILES string of the molecule is N#Cc1ccc2c(c1)C=CCN2. The minimum atomic E-state index is 0.710. The molecule has 0 aliphatic carbocycles. The molecule has 0 saturated heterocycles. The van der Waals surface area contributed by atoms with Crippen LogP contribution in [0.3, 0.4) is 0 Å². The molecule has 1 heterocycles. The van der Waals surface area contributed by atoms with Crippen molar-refractivity contribution in [3.8, 4) is 6.07 Å². The van der Waals surface area contributed by atoms with E-state index < -0.39 is 0 Å². The maximum atomic E-state index is 8.64. The Balaban J connectivity index is 2.53. The van der Waals surface area contributed by atoms with Gasteiger partial charge in [0, 0.05) is 12.2 Å². The molecule has 2 heteroatoms. The molecule has 58 valence electrons. The zero-order valence-electron chi connectivity index (χ0n) is 6.54. The van der Waals surface area contributed by atoms with Gasteiger partial charge < -0.3 is 5.32 Å². The molecule has 0 unspecified atom stereocenters. The third-order valence-corrected chi connectivity index (χ3v) is 1.89. The summed E-state index contributed by atoms with van der Waals surface area (Å²) in [5, 5.41) is 11.9. The van der Waals surface area contributed by atoms with Crippen LogP contribution in [-0.4, -0.2) is 6.54 Å². The zero-order valence-corrected chi connectivity index (χ0v) is 6.54. The van der Waals surface area contributed by atoms with Crippen LogP contribution in [0.4, 0.5) is 5.69 Å². The summed E-state index contributed by atoms with van der Waals surface area (Å²) in [6, 6.07) is 7.77. The van der Waals surface area contributed by atoms with Crippen LogP contribution in [0.2, 0.25) is 0 Å². The van der Waals surface area contributed by atoms with E-state index >= 15 is 0 Å². The standard InChI is InChI=1S/C10H8N2/c11-7-8-3-4-10-9(6-8)2-1-5-12-10/h1-4,6,12H,5H2. The van der Waals surface area contributed by atoms with Crippen molar-refractivity contribution in [2.75, 3.05) is 11.9 Å². The molecule has 1 aliphatic rings. The Labute approximate surface area is 71.1 Å². The number of nitrogens with zero attached hydrogens (tertiary/aromatic N) is 1. The lowest BCUT2D eigenvalue weighted by Gasteiger charge is -2.12. The van der Waals surface area contributed by atoms with Gasteiger partial charge in [-0.05, 0) is 23.8 Å². The van der Waals surface area contributed by atoms with E-state index in [0.29, 0.717) is 5.56 Å². The molecule has 0 fully saturated rings. The highest BCUT2D eigenvalue weighted by atomic mass is 14.9. The van der Waals surface area contributed by atoms with Crippen molar-refractivity contribution in [1.82, 2.24) is 0 Å².